The Labute approximate surface area is 194 Å². The molecule has 1 aromatic carbocycles. The molecule has 0 saturated carbocycles. The van der Waals surface area contributed by atoms with Gasteiger partial charge in [-0.05, 0) is 55.1 Å². The SMILES string of the molecule is CCCCn1c(=O)n(CCCCc2noc(-c3ccc(OC)cc3)n2)c(=O)c2[nH]c(Cl)nc21. The summed E-state index contributed by atoms with van der Waals surface area (Å²) in [6, 6.07) is 7.36. The van der Waals surface area contributed by atoms with Crippen molar-refractivity contribution < 1.29 is 9.26 Å². The highest BCUT2D eigenvalue weighted by Gasteiger charge is 2.17. The zero-order chi connectivity index (χ0) is 23.4. The van der Waals surface area contributed by atoms with Gasteiger partial charge in [-0.15, -0.1) is 0 Å². The molecule has 4 rings (SSSR count). The maximum absolute atomic E-state index is 13.0. The molecule has 0 unspecified atom stereocenters. The number of imidazole rings is 1. The Morgan fingerprint density at radius 2 is 1.82 bits per heavy atom. The monoisotopic (exact) mass is 472 g/mol. The van der Waals surface area contributed by atoms with Gasteiger partial charge in [0.1, 0.15) is 5.75 Å². The molecule has 33 heavy (non-hydrogen) atoms. The largest absolute Gasteiger partial charge is 0.497 e. The van der Waals surface area contributed by atoms with Gasteiger partial charge in [0.25, 0.3) is 11.4 Å². The minimum atomic E-state index is -0.413. The molecule has 0 bridgehead atoms. The van der Waals surface area contributed by atoms with Gasteiger partial charge in [-0.1, -0.05) is 18.5 Å². The van der Waals surface area contributed by atoms with Gasteiger partial charge < -0.3 is 14.2 Å². The fraction of sp³-hybridized carbons (Fsp3) is 0.409. The van der Waals surface area contributed by atoms with Crippen molar-refractivity contribution in [1.82, 2.24) is 29.2 Å². The number of ether oxygens (including phenoxy) is 1. The van der Waals surface area contributed by atoms with Gasteiger partial charge in [-0.25, -0.2) is 4.79 Å². The molecule has 0 amide bonds. The number of halogens is 1. The fourth-order valence-electron chi connectivity index (χ4n) is 3.61. The number of methoxy groups -OCH3 is 1. The third-order valence-corrected chi connectivity index (χ3v) is 5.58. The number of benzene rings is 1. The molecule has 0 spiro atoms. The van der Waals surface area contributed by atoms with Gasteiger partial charge >= 0.3 is 5.69 Å². The number of aromatic nitrogens is 6. The van der Waals surface area contributed by atoms with E-state index in [1.165, 1.54) is 9.13 Å². The van der Waals surface area contributed by atoms with Gasteiger partial charge in [-0.2, -0.15) is 9.97 Å². The zero-order valence-corrected chi connectivity index (χ0v) is 19.3. The van der Waals surface area contributed by atoms with Crippen LogP contribution in [-0.2, 0) is 19.5 Å². The number of rotatable bonds is 10. The van der Waals surface area contributed by atoms with Crippen LogP contribution in [0.2, 0.25) is 5.28 Å². The van der Waals surface area contributed by atoms with Crippen molar-refractivity contribution in [1.29, 1.82) is 0 Å². The first-order chi connectivity index (χ1) is 16.0. The zero-order valence-electron chi connectivity index (χ0n) is 18.5. The summed E-state index contributed by atoms with van der Waals surface area (Å²) < 4.78 is 13.3. The number of nitrogens with zero attached hydrogens (tertiary/aromatic N) is 5. The summed E-state index contributed by atoms with van der Waals surface area (Å²) in [5, 5.41) is 4.12. The first-order valence-electron chi connectivity index (χ1n) is 10.9. The Balaban J connectivity index is 1.43. The molecule has 0 aliphatic rings. The molecule has 3 heterocycles. The fourth-order valence-corrected chi connectivity index (χ4v) is 3.79. The second-order valence-corrected chi connectivity index (χ2v) is 8.03. The topological polar surface area (TPSA) is 121 Å². The van der Waals surface area contributed by atoms with Gasteiger partial charge in [0.15, 0.2) is 17.0 Å². The third-order valence-electron chi connectivity index (χ3n) is 5.40. The maximum Gasteiger partial charge on any atom is 0.332 e. The van der Waals surface area contributed by atoms with Gasteiger partial charge in [0.05, 0.1) is 7.11 Å². The normalized spacial score (nSPS) is 11.4. The molecule has 10 nitrogen and oxygen atoms in total. The number of H-pyrrole nitrogens is 1. The third kappa shape index (κ3) is 4.85. The van der Waals surface area contributed by atoms with E-state index in [2.05, 4.69) is 20.1 Å². The van der Waals surface area contributed by atoms with Crippen LogP contribution >= 0.6 is 11.6 Å². The highest BCUT2D eigenvalue weighted by Crippen LogP contribution is 2.21. The Bertz CT molecular complexity index is 1350. The van der Waals surface area contributed by atoms with E-state index >= 15 is 0 Å². The van der Waals surface area contributed by atoms with Crippen LogP contribution < -0.4 is 16.0 Å². The molecule has 0 aliphatic heterocycles. The van der Waals surface area contributed by atoms with Crippen LogP contribution in [0.4, 0.5) is 0 Å². The Hall–Kier alpha value is -3.40. The predicted molar refractivity (Wildman–Crippen MR) is 124 cm³/mol. The van der Waals surface area contributed by atoms with E-state index in [9.17, 15) is 9.59 Å². The van der Waals surface area contributed by atoms with Crippen LogP contribution in [0, 0.1) is 0 Å². The van der Waals surface area contributed by atoms with Gasteiger partial charge in [-0.3, -0.25) is 13.9 Å². The van der Waals surface area contributed by atoms with E-state index in [4.69, 9.17) is 20.9 Å². The molecule has 3 aromatic heterocycles. The highest BCUT2D eigenvalue weighted by molar-refractivity contribution is 6.28. The van der Waals surface area contributed by atoms with Crippen molar-refractivity contribution >= 4 is 22.8 Å². The van der Waals surface area contributed by atoms with Crippen LogP contribution in [0.15, 0.2) is 38.4 Å². The summed E-state index contributed by atoms with van der Waals surface area (Å²) in [5.74, 6) is 1.76. The summed E-state index contributed by atoms with van der Waals surface area (Å²) in [5.41, 5.74) is 0.574. The number of hydrogen-bond acceptors (Lipinski definition) is 7. The van der Waals surface area contributed by atoms with Crippen LogP contribution in [0.3, 0.4) is 0 Å². The second-order valence-electron chi connectivity index (χ2n) is 7.67. The highest BCUT2D eigenvalue weighted by atomic mass is 35.5. The lowest BCUT2D eigenvalue weighted by molar-refractivity contribution is 0.413. The van der Waals surface area contributed by atoms with Crippen LogP contribution in [0.5, 0.6) is 5.75 Å². The van der Waals surface area contributed by atoms with E-state index in [0.717, 1.165) is 24.2 Å². The number of fused-ring (bicyclic) bond motifs is 1. The van der Waals surface area contributed by atoms with E-state index in [1.807, 2.05) is 31.2 Å². The van der Waals surface area contributed by atoms with Crippen molar-refractivity contribution in [2.45, 2.75) is 52.1 Å². The first kappa shape index (κ1) is 22.8. The number of aromatic amines is 1. The van der Waals surface area contributed by atoms with Crippen molar-refractivity contribution in [3.05, 3.63) is 56.2 Å². The lowest BCUT2D eigenvalue weighted by Gasteiger charge is -2.10. The number of nitrogens with one attached hydrogen (secondary N) is 1. The van der Waals surface area contributed by atoms with Crippen molar-refractivity contribution in [3.63, 3.8) is 0 Å². The number of hydrogen-bond donors (Lipinski definition) is 1. The maximum atomic E-state index is 13.0. The number of unbranched alkanes of at least 4 members (excludes halogenated alkanes) is 2. The average molecular weight is 473 g/mol. The second kappa shape index (κ2) is 10.0. The minimum Gasteiger partial charge on any atom is -0.497 e. The Morgan fingerprint density at radius 1 is 1.06 bits per heavy atom. The number of aryl methyl sites for hydroxylation is 2. The lowest BCUT2D eigenvalue weighted by Crippen LogP contribution is -2.40. The quantitative estimate of drug-likeness (QED) is 0.277. The molecule has 174 valence electrons. The lowest BCUT2D eigenvalue weighted by atomic mass is 10.2. The van der Waals surface area contributed by atoms with Crippen molar-refractivity contribution in [2.75, 3.05) is 7.11 Å². The summed E-state index contributed by atoms with van der Waals surface area (Å²) in [7, 11) is 1.61. The molecule has 0 aliphatic carbocycles. The summed E-state index contributed by atoms with van der Waals surface area (Å²) in [6.45, 7) is 2.79. The molecular weight excluding hydrogens is 448 g/mol. The van der Waals surface area contributed by atoms with E-state index in [1.54, 1.807) is 7.11 Å². The average Bonchev–Trinajstić information content (AvgIpc) is 3.45. The van der Waals surface area contributed by atoms with E-state index < -0.39 is 5.56 Å². The van der Waals surface area contributed by atoms with Crippen molar-refractivity contribution in [3.8, 4) is 17.2 Å². The Morgan fingerprint density at radius 3 is 2.55 bits per heavy atom. The van der Waals surface area contributed by atoms with Crippen LogP contribution in [0.1, 0.15) is 38.4 Å². The molecule has 0 atom stereocenters. The summed E-state index contributed by atoms with van der Waals surface area (Å²) in [4.78, 5) is 37.1. The summed E-state index contributed by atoms with van der Waals surface area (Å²) in [6.07, 6.45) is 3.56. The molecular formula is C22H25ClN6O4. The molecule has 1 N–H and O–H groups in total. The van der Waals surface area contributed by atoms with E-state index in [-0.39, 0.29) is 23.0 Å². The smallest absolute Gasteiger partial charge is 0.332 e. The molecule has 0 saturated heterocycles. The first-order valence-corrected chi connectivity index (χ1v) is 11.3. The molecule has 0 radical (unpaired) electrons. The van der Waals surface area contributed by atoms with Gasteiger partial charge in [0, 0.05) is 25.1 Å². The molecule has 11 heteroatoms. The van der Waals surface area contributed by atoms with Gasteiger partial charge in [0.2, 0.25) is 5.28 Å². The Kier molecular flexibility index (Phi) is 6.93. The standard InChI is InChI=1S/C22H25ClN6O4/c1-3-4-12-28-18-17(25-21(23)26-18)20(30)29(22(28)31)13-6-5-7-16-24-19(33-27-16)14-8-10-15(32-2)11-9-14/h8-11H,3-7,12-13H2,1-2H3,(H,25,26). The van der Waals surface area contributed by atoms with E-state index in [0.29, 0.717) is 43.2 Å². The van der Waals surface area contributed by atoms with Crippen LogP contribution in [-0.4, -0.2) is 36.4 Å². The van der Waals surface area contributed by atoms with Crippen LogP contribution in [0.25, 0.3) is 22.6 Å². The predicted octanol–water partition coefficient (Wildman–Crippen LogP) is 3.42. The summed E-state index contributed by atoms with van der Waals surface area (Å²) >= 11 is 5.96. The molecule has 4 aromatic rings. The van der Waals surface area contributed by atoms with Crippen molar-refractivity contribution in [2.24, 2.45) is 0 Å². The molecule has 0 fully saturated rings. The minimum absolute atomic E-state index is 0.0919.